The molecule has 20 heavy (non-hydrogen) atoms. The minimum Gasteiger partial charge on any atom is -0.315 e. The first-order valence-electron chi connectivity index (χ1n) is 7.86. The van der Waals surface area contributed by atoms with Gasteiger partial charge in [0.2, 0.25) is 0 Å². The van der Waals surface area contributed by atoms with Crippen LogP contribution in [0.5, 0.6) is 0 Å². The van der Waals surface area contributed by atoms with E-state index in [2.05, 4.69) is 49.5 Å². The van der Waals surface area contributed by atoms with Gasteiger partial charge in [-0.2, -0.15) is 5.10 Å². The van der Waals surface area contributed by atoms with Gasteiger partial charge < -0.3 is 5.32 Å². The lowest BCUT2D eigenvalue weighted by atomic mass is 9.76. The molecule has 2 rings (SSSR count). The number of hydrogen-bond donors (Lipinski definition) is 1. The zero-order chi connectivity index (χ0) is 14.7. The fourth-order valence-electron chi connectivity index (χ4n) is 3.57. The largest absolute Gasteiger partial charge is 0.315 e. The molecule has 0 aromatic carbocycles. The third-order valence-corrected chi connectivity index (χ3v) is 4.93. The molecule has 3 atom stereocenters. The van der Waals surface area contributed by atoms with Crippen LogP contribution in [0.25, 0.3) is 0 Å². The highest BCUT2D eigenvalue weighted by Gasteiger charge is 2.33. The summed E-state index contributed by atoms with van der Waals surface area (Å²) < 4.78 is 1.89. The topological polar surface area (TPSA) is 33.1 Å². The molecule has 1 N–H and O–H groups in total. The average molecular weight is 278 g/mol. The molecule has 1 aliphatic carbocycles. The summed E-state index contributed by atoms with van der Waals surface area (Å²) in [5.74, 6) is 1.66. The van der Waals surface area contributed by atoms with Crippen molar-refractivity contribution < 1.29 is 0 Å². The molecule has 1 heterocycles. The molecule has 1 aromatic heterocycles. The van der Waals surface area contributed by atoms with Gasteiger partial charge in [-0.3, -0.25) is 9.58 Å². The predicted octanol–water partition coefficient (Wildman–Crippen LogP) is 2.26. The Labute approximate surface area is 123 Å². The fraction of sp³-hybridized carbons (Fsp3) is 0.812. The number of nitrogens with zero attached hydrogens (tertiary/aromatic N) is 3. The highest BCUT2D eigenvalue weighted by molar-refractivity contribution is 5.04. The third-order valence-electron chi connectivity index (χ3n) is 4.93. The van der Waals surface area contributed by atoms with Crippen molar-refractivity contribution in [2.45, 2.75) is 51.7 Å². The molecule has 0 amide bonds. The Morgan fingerprint density at radius 3 is 2.75 bits per heavy atom. The van der Waals surface area contributed by atoms with E-state index in [1.54, 1.807) is 0 Å². The van der Waals surface area contributed by atoms with Gasteiger partial charge >= 0.3 is 0 Å². The summed E-state index contributed by atoms with van der Waals surface area (Å²) >= 11 is 0. The Hall–Kier alpha value is -0.870. The fourth-order valence-corrected chi connectivity index (χ4v) is 3.57. The minimum absolute atomic E-state index is 0.617. The van der Waals surface area contributed by atoms with Crippen molar-refractivity contribution in [3.8, 4) is 0 Å². The molecule has 1 fully saturated rings. The van der Waals surface area contributed by atoms with E-state index in [9.17, 15) is 0 Å². The summed E-state index contributed by atoms with van der Waals surface area (Å²) in [6, 6.07) is 1.24. The van der Waals surface area contributed by atoms with E-state index in [1.165, 1.54) is 24.8 Å². The van der Waals surface area contributed by atoms with E-state index in [4.69, 9.17) is 0 Å². The monoisotopic (exact) mass is 278 g/mol. The number of likely N-dealkylation sites (N-methyl/N-ethyl adjacent to an activating group) is 2. The molecule has 3 unspecified atom stereocenters. The van der Waals surface area contributed by atoms with Crippen LogP contribution in [0.1, 0.15) is 38.7 Å². The number of nitrogens with one attached hydrogen (secondary N) is 1. The van der Waals surface area contributed by atoms with Crippen molar-refractivity contribution in [3.05, 3.63) is 18.0 Å². The van der Waals surface area contributed by atoms with Crippen LogP contribution in [0.2, 0.25) is 0 Å². The smallest absolute Gasteiger partial charge is 0.0534 e. The zero-order valence-electron chi connectivity index (χ0n) is 13.6. The lowest BCUT2D eigenvalue weighted by Crippen LogP contribution is -2.51. The maximum absolute atomic E-state index is 4.27. The van der Waals surface area contributed by atoms with Crippen LogP contribution >= 0.6 is 0 Å². The zero-order valence-corrected chi connectivity index (χ0v) is 13.6. The molecule has 4 nitrogen and oxygen atoms in total. The predicted molar refractivity (Wildman–Crippen MR) is 83.5 cm³/mol. The maximum atomic E-state index is 4.27. The summed E-state index contributed by atoms with van der Waals surface area (Å²) in [6.45, 7) is 5.71. The second-order valence-electron chi connectivity index (χ2n) is 6.72. The van der Waals surface area contributed by atoms with Crippen LogP contribution in [0.15, 0.2) is 12.4 Å². The molecular formula is C16H30N4. The van der Waals surface area contributed by atoms with Crippen LogP contribution in [0.4, 0.5) is 0 Å². The van der Waals surface area contributed by atoms with Crippen molar-refractivity contribution in [2.24, 2.45) is 18.9 Å². The normalized spacial score (nSPS) is 27.4. The quantitative estimate of drug-likeness (QED) is 0.897. The highest BCUT2D eigenvalue weighted by atomic mass is 15.2. The molecule has 114 valence electrons. The second-order valence-corrected chi connectivity index (χ2v) is 6.72. The highest BCUT2D eigenvalue weighted by Crippen LogP contribution is 2.32. The van der Waals surface area contributed by atoms with Crippen molar-refractivity contribution in [1.82, 2.24) is 20.0 Å². The number of aryl methyl sites for hydroxylation is 1. The van der Waals surface area contributed by atoms with E-state index >= 15 is 0 Å². The average Bonchev–Trinajstić information content (AvgIpc) is 2.83. The minimum atomic E-state index is 0.617. The molecule has 0 saturated heterocycles. The van der Waals surface area contributed by atoms with Crippen LogP contribution in [0, 0.1) is 11.8 Å². The summed E-state index contributed by atoms with van der Waals surface area (Å²) in [7, 11) is 6.34. The molecule has 0 aliphatic heterocycles. The lowest BCUT2D eigenvalue weighted by Gasteiger charge is -2.42. The van der Waals surface area contributed by atoms with Crippen LogP contribution in [-0.2, 0) is 13.6 Å². The summed E-state index contributed by atoms with van der Waals surface area (Å²) in [6.07, 6.45) is 8.06. The van der Waals surface area contributed by atoms with Crippen molar-refractivity contribution in [2.75, 3.05) is 14.1 Å². The van der Waals surface area contributed by atoms with Gasteiger partial charge in [-0.25, -0.2) is 0 Å². The summed E-state index contributed by atoms with van der Waals surface area (Å²) in [5.41, 5.74) is 1.30. The van der Waals surface area contributed by atoms with Crippen LogP contribution in [-0.4, -0.2) is 40.9 Å². The molecule has 1 saturated carbocycles. The van der Waals surface area contributed by atoms with Gasteiger partial charge in [0.25, 0.3) is 0 Å². The van der Waals surface area contributed by atoms with E-state index in [0.717, 1.165) is 18.4 Å². The number of aromatic nitrogens is 2. The van der Waals surface area contributed by atoms with Gasteiger partial charge in [0, 0.05) is 37.4 Å². The Kier molecular flexibility index (Phi) is 5.22. The van der Waals surface area contributed by atoms with Gasteiger partial charge in [-0.05, 0) is 45.2 Å². The van der Waals surface area contributed by atoms with Gasteiger partial charge in [0.05, 0.1) is 6.20 Å². The standard InChI is InChI=1S/C16H30N4/c1-12(2)14-6-7-15(17-3)16(8-14)19(4)10-13-9-18-20(5)11-13/h9,11-12,14-17H,6-8,10H2,1-5H3. The van der Waals surface area contributed by atoms with E-state index in [1.807, 2.05) is 17.9 Å². The second kappa shape index (κ2) is 6.72. The first-order chi connectivity index (χ1) is 9.51. The van der Waals surface area contributed by atoms with Crippen molar-refractivity contribution in [3.63, 3.8) is 0 Å². The molecule has 4 heteroatoms. The Morgan fingerprint density at radius 1 is 1.45 bits per heavy atom. The Bertz CT molecular complexity index is 412. The Morgan fingerprint density at radius 2 is 2.20 bits per heavy atom. The van der Waals surface area contributed by atoms with Crippen LogP contribution in [0.3, 0.4) is 0 Å². The third kappa shape index (κ3) is 3.61. The lowest BCUT2D eigenvalue weighted by molar-refractivity contribution is 0.101. The Balaban J connectivity index is 2.02. The summed E-state index contributed by atoms with van der Waals surface area (Å²) in [5, 5.41) is 7.79. The van der Waals surface area contributed by atoms with Crippen molar-refractivity contribution in [1.29, 1.82) is 0 Å². The SMILES string of the molecule is CNC1CCC(C(C)C)CC1N(C)Cc1cnn(C)c1. The van der Waals surface area contributed by atoms with Crippen LogP contribution < -0.4 is 5.32 Å². The molecule has 1 aliphatic rings. The molecule has 0 bridgehead atoms. The molecular weight excluding hydrogens is 248 g/mol. The van der Waals surface area contributed by atoms with Gasteiger partial charge in [-0.15, -0.1) is 0 Å². The van der Waals surface area contributed by atoms with Gasteiger partial charge in [-0.1, -0.05) is 13.8 Å². The molecule has 1 aromatic rings. The maximum Gasteiger partial charge on any atom is 0.0534 e. The number of hydrogen-bond acceptors (Lipinski definition) is 3. The number of rotatable bonds is 5. The van der Waals surface area contributed by atoms with Gasteiger partial charge in [0.1, 0.15) is 0 Å². The molecule has 0 spiro atoms. The first kappa shape index (κ1) is 15.5. The van der Waals surface area contributed by atoms with Gasteiger partial charge in [0.15, 0.2) is 0 Å². The first-order valence-corrected chi connectivity index (χ1v) is 7.86. The van der Waals surface area contributed by atoms with E-state index in [-0.39, 0.29) is 0 Å². The van der Waals surface area contributed by atoms with Crippen molar-refractivity contribution >= 4 is 0 Å². The van der Waals surface area contributed by atoms with E-state index < -0.39 is 0 Å². The molecule has 0 radical (unpaired) electrons. The van der Waals surface area contributed by atoms with E-state index in [0.29, 0.717) is 12.1 Å². The summed E-state index contributed by atoms with van der Waals surface area (Å²) in [4.78, 5) is 2.51.